The number of carbonyl (C=O) groups is 2. The fourth-order valence-corrected chi connectivity index (χ4v) is 4.04. The van der Waals surface area contributed by atoms with Gasteiger partial charge in [-0.15, -0.1) is 0 Å². The fourth-order valence-electron chi connectivity index (χ4n) is 4.04. The Balaban J connectivity index is 1.65. The Bertz CT molecular complexity index is 960. The Kier molecular flexibility index (Phi) is 5.23. The van der Waals surface area contributed by atoms with E-state index < -0.39 is 0 Å². The molecule has 0 spiro atoms. The number of hydrogen-bond donors (Lipinski definition) is 0. The summed E-state index contributed by atoms with van der Waals surface area (Å²) in [5.41, 5.74) is 3.31. The molecule has 0 radical (unpaired) electrons. The van der Waals surface area contributed by atoms with E-state index in [0.717, 1.165) is 68.8 Å². The standard InChI is InChI=1S/C21H25N5O2/c1-22-19-13-18(7-11-25(19)15-27)26-10-5-6-16-12-17(14-23-20(16)26)21(28)24-8-3-2-4-9-24/h7,11-15H,2-6,8-10H2,1H3/b22-19-. The van der Waals surface area contributed by atoms with Crippen molar-refractivity contribution in [1.29, 1.82) is 0 Å². The molecule has 2 aromatic rings. The molecule has 1 amide bonds. The number of nitrogens with zero attached hydrogens (tertiary/aromatic N) is 5. The highest BCUT2D eigenvalue weighted by molar-refractivity contribution is 5.94. The van der Waals surface area contributed by atoms with Gasteiger partial charge in [-0.2, -0.15) is 0 Å². The van der Waals surface area contributed by atoms with E-state index >= 15 is 0 Å². The number of likely N-dealkylation sites (tertiary alicyclic amines) is 1. The number of hydrogen-bond acceptors (Lipinski definition) is 5. The summed E-state index contributed by atoms with van der Waals surface area (Å²) in [7, 11) is 1.67. The zero-order chi connectivity index (χ0) is 19.5. The quantitative estimate of drug-likeness (QED) is 0.767. The zero-order valence-electron chi connectivity index (χ0n) is 16.2. The van der Waals surface area contributed by atoms with Gasteiger partial charge in [-0.1, -0.05) is 0 Å². The summed E-state index contributed by atoms with van der Waals surface area (Å²) in [6.07, 6.45) is 9.42. The van der Waals surface area contributed by atoms with E-state index in [0.29, 0.717) is 11.1 Å². The summed E-state index contributed by atoms with van der Waals surface area (Å²) in [5.74, 6) is 0.971. The summed E-state index contributed by atoms with van der Waals surface area (Å²) >= 11 is 0. The van der Waals surface area contributed by atoms with Gasteiger partial charge >= 0.3 is 0 Å². The van der Waals surface area contributed by atoms with Crippen LogP contribution in [0.2, 0.25) is 0 Å². The van der Waals surface area contributed by atoms with Crippen LogP contribution < -0.4 is 10.4 Å². The van der Waals surface area contributed by atoms with Crippen molar-refractivity contribution in [2.45, 2.75) is 32.1 Å². The van der Waals surface area contributed by atoms with Crippen molar-refractivity contribution >= 4 is 23.8 Å². The van der Waals surface area contributed by atoms with Crippen LogP contribution in [-0.4, -0.2) is 53.5 Å². The number of carbonyl (C=O) groups excluding carboxylic acids is 2. The van der Waals surface area contributed by atoms with Crippen molar-refractivity contribution in [1.82, 2.24) is 14.5 Å². The SMILES string of the molecule is C/N=c1/cc(N2CCCc3cc(C(=O)N4CCCCC4)cnc32)ccn1C=O. The predicted octanol–water partition coefficient (Wildman–Crippen LogP) is 2.16. The largest absolute Gasteiger partial charge is 0.339 e. The fraction of sp³-hybridized carbons (Fsp3) is 0.429. The Morgan fingerprint density at radius 2 is 1.96 bits per heavy atom. The number of rotatable bonds is 3. The number of piperidine rings is 1. The number of fused-ring (bicyclic) bond motifs is 1. The molecule has 0 bridgehead atoms. The third kappa shape index (κ3) is 3.44. The van der Waals surface area contributed by atoms with E-state index in [9.17, 15) is 9.59 Å². The maximum absolute atomic E-state index is 12.8. The van der Waals surface area contributed by atoms with Gasteiger partial charge in [0.1, 0.15) is 11.3 Å². The van der Waals surface area contributed by atoms with Crippen molar-refractivity contribution in [3.05, 3.63) is 47.2 Å². The Labute approximate surface area is 164 Å². The molecule has 7 nitrogen and oxygen atoms in total. The molecule has 0 saturated carbocycles. The van der Waals surface area contributed by atoms with Crippen LogP contribution in [0, 0.1) is 0 Å². The first-order valence-electron chi connectivity index (χ1n) is 9.87. The highest BCUT2D eigenvalue weighted by Crippen LogP contribution is 2.31. The van der Waals surface area contributed by atoms with Gasteiger partial charge in [0.25, 0.3) is 5.91 Å². The van der Waals surface area contributed by atoms with Crippen LogP contribution in [0.25, 0.3) is 0 Å². The van der Waals surface area contributed by atoms with Gasteiger partial charge in [-0.25, -0.2) is 4.98 Å². The van der Waals surface area contributed by atoms with Crippen LogP contribution in [-0.2, 0) is 11.2 Å². The smallest absolute Gasteiger partial charge is 0.255 e. The average Bonchev–Trinajstić information content (AvgIpc) is 2.77. The van der Waals surface area contributed by atoms with Crippen LogP contribution in [0.15, 0.2) is 35.6 Å². The van der Waals surface area contributed by atoms with E-state index in [-0.39, 0.29) is 5.91 Å². The second kappa shape index (κ2) is 7.96. The lowest BCUT2D eigenvalue weighted by molar-refractivity contribution is 0.0724. The second-order valence-corrected chi connectivity index (χ2v) is 7.29. The van der Waals surface area contributed by atoms with Crippen molar-refractivity contribution in [3.63, 3.8) is 0 Å². The maximum Gasteiger partial charge on any atom is 0.255 e. The van der Waals surface area contributed by atoms with E-state index in [1.165, 1.54) is 11.0 Å². The molecule has 0 aliphatic carbocycles. The lowest BCUT2D eigenvalue weighted by Gasteiger charge is -2.31. The minimum absolute atomic E-state index is 0.0888. The molecule has 2 aliphatic rings. The summed E-state index contributed by atoms with van der Waals surface area (Å²) in [6, 6.07) is 5.79. The predicted molar refractivity (Wildman–Crippen MR) is 107 cm³/mol. The van der Waals surface area contributed by atoms with Gasteiger partial charge in [-0.05, 0) is 49.8 Å². The molecule has 2 aliphatic heterocycles. The van der Waals surface area contributed by atoms with E-state index in [1.807, 2.05) is 23.1 Å². The molecule has 1 saturated heterocycles. The van der Waals surface area contributed by atoms with Crippen LogP contribution in [0.4, 0.5) is 11.5 Å². The van der Waals surface area contributed by atoms with E-state index in [2.05, 4.69) is 14.9 Å². The van der Waals surface area contributed by atoms with Gasteiger partial charge < -0.3 is 9.80 Å². The lowest BCUT2D eigenvalue weighted by atomic mass is 10.0. The number of aryl methyl sites for hydroxylation is 1. The average molecular weight is 379 g/mol. The molecular weight excluding hydrogens is 354 g/mol. The Morgan fingerprint density at radius 1 is 1.14 bits per heavy atom. The monoisotopic (exact) mass is 379 g/mol. The highest BCUT2D eigenvalue weighted by Gasteiger charge is 2.24. The first-order chi connectivity index (χ1) is 13.7. The molecule has 2 aromatic heterocycles. The second-order valence-electron chi connectivity index (χ2n) is 7.29. The van der Waals surface area contributed by atoms with Crippen molar-refractivity contribution in [2.75, 3.05) is 31.6 Å². The summed E-state index contributed by atoms with van der Waals surface area (Å²) in [4.78, 5) is 36.9. The molecule has 4 rings (SSSR count). The van der Waals surface area contributed by atoms with Gasteiger partial charge in [0.05, 0.1) is 5.56 Å². The molecule has 146 valence electrons. The Hall–Kier alpha value is -2.96. The third-order valence-electron chi connectivity index (χ3n) is 5.52. The molecule has 0 aromatic carbocycles. The maximum atomic E-state index is 12.8. The van der Waals surface area contributed by atoms with Gasteiger partial charge in [-0.3, -0.25) is 19.1 Å². The molecule has 7 heteroatoms. The first-order valence-corrected chi connectivity index (χ1v) is 9.87. The number of anilines is 2. The summed E-state index contributed by atoms with van der Waals surface area (Å²) < 4.78 is 1.45. The topological polar surface area (TPSA) is 70.8 Å². The third-order valence-corrected chi connectivity index (χ3v) is 5.52. The molecule has 4 heterocycles. The summed E-state index contributed by atoms with van der Waals surface area (Å²) in [5, 5.41) is 0. The molecule has 0 unspecified atom stereocenters. The molecule has 0 atom stereocenters. The molecule has 0 N–H and O–H groups in total. The number of amides is 1. The van der Waals surface area contributed by atoms with Gasteiger partial charge in [0.15, 0.2) is 0 Å². The van der Waals surface area contributed by atoms with Crippen LogP contribution >= 0.6 is 0 Å². The van der Waals surface area contributed by atoms with Crippen LogP contribution in [0.3, 0.4) is 0 Å². The van der Waals surface area contributed by atoms with E-state index in [4.69, 9.17) is 0 Å². The van der Waals surface area contributed by atoms with Crippen molar-refractivity contribution < 1.29 is 9.59 Å². The van der Waals surface area contributed by atoms with Crippen LogP contribution in [0.5, 0.6) is 0 Å². The van der Waals surface area contributed by atoms with Gasteiger partial charge in [0.2, 0.25) is 6.41 Å². The van der Waals surface area contributed by atoms with Crippen molar-refractivity contribution in [2.24, 2.45) is 4.99 Å². The van der Waals surface area contributed by atoms with E-state index in [1.54, 1.807) is 19.4 Å². The number of aromatic nitrogens is 2. The van der Waals surface area contributed by atoms with Crippen molar-refractivity contribution in [3.8, 4) is 0 Å². The minimum Gasteiger partial charge on any atom is -0.339 e. The normalized spacial score (nSPS) is 17.4. The van der Waals surface area contributed by atoms with Crippen LogP contribution in [0.1, 0.15) is 41.6 Å². The zero-order valence-corrected chi connectivity index (χ0v) is 16.2. The first kappa shape index (κ1) is 18.4. The molecule has 1 fully saturated rings. The minimum atomic E-state index is 0.0888. The number of pyridine rings is 2. The van der Waals surface area contributed by atoms with Gasteiger partial charge in [0, 0.05) is 50.8 Å². The molecule has 28 heavy (non-hydrogen) atoms. The highest BCUT2D eigenvalue weighted by atomic mass is 16.2. The lowest BCUT2D eigenvalue weighted by Crippen LogP contribution is -2.36. The summed E-state index contributed by atoms with van der Waals surface area (Å²) in [6.45, 7) is 2.52. The molecular formula is C21H25N5O2. The Morgan fingerprint density at radius 3 is 2.71 bits per heavy atom.